The second-order valence-corrected chi connectivity index (χ2v) is 8.12. The highest BCUT2D eigenvalue weighted by molar-refractivity contribution is 8.13. The average Bonchev–Trinajstić information content (AvgIpc) is 3.38. The van der Waals surface area contributed by atoms with Crippen molar-refractivity contribution in [3.05, 3.63) is 11.8 Å². The topological polar surface area (TPSA) is 143 Å². The van der Waals surface area contributed by atoms with Gasteiger partial charge in [0, 0.05) is 0 Å². The monoisotopic (exact) mass is 472 g/mol. The number of esters is 1. The molecule has 2 saturated heterocycles. The van der Waals surface area contributed by atoms with Crippen LogP contribution >= 0.6 is 11.8 Å². The molecule has 2 aliphatic heterocycles. The molecule has 3 rings (SSSR count). The summed E-state index contributed by atoms with van der Waals surface area (Å²) < 4.78 is 29.2. The maximum Gasteiger partial charge on any atom is 0.413 e. The first-order chi connectivity index (χ1) is 15.2. The SMILES string of the molecule is CCOC(=O)N/C(=N\c1c(C(=O)OCC)cnn1[C@@H]1O[C@H](CO)[C@H]2OC(C)(C)O[C@H]21)SC. The van der Waals surface area contributed by atoms with Crippen LogP contribution in [0.25, 0.3) is 0 Å². The summed E-state index contributed by atoms with van der Waals surface area (Å²) in [6.45, 7) is 6.95. The summed E-state index contributed by atoms with van der Waals surface area (Å²) in [7, 11) is 0. The first-order valence-corrected chi connectivity index (χ1v) is 11.4. The van der Waals surface area contributed by atoms with Gasteiger partial charge in [-0.2, -0.15) is 5.10 Å². The van der Waals surface area contributed by atoms with Crippen LogP contribution in [0.5, 0.6) is 0 Å². The Labute approximate surface area is 189 Å². The minimum atomic E-state index is -0.888. The Hall–Kier alpha value is -2.19. The van der Waals surface area contributed by atoms with Crippen LogP contribution in [0.1, 0.15) is 44.3 Å². The van der Waals surface area contributed by atoms with E-state index >= 15 is 0 Å². The molecule has 4 atom stereocenters. The first kappa shape index (κ1) is 24.5. The van der Waals surface area contributed by atoms with Gasteiger partial charge in [-0.15, -0.1) is 0 Å². The van der Waals surface area contributed by atoms with Gasteiger partial charge in [-0.1, -0.05) is 11.8 Å². The van der Waals surface area contributed by atoms with Crippen LogP contribution in [0.4, 0.5) is 10.6 Å². The predicted molar refractivity (Wildman–Crippen MR) is 114 cm³/mol. The van der Waals surface area contributed by atoms with Crippen molar-refractivity contribution in [1.29, 1.82) is 0 Å². The predicted octanol–water partition coefficient (Wildman–Crippen LogP) is 1.57. The molecule has 2 aliphatic rings. The number of alkyl carbamates (subject to hydrolysis) is 1. The van der Waals surface area contributed by atoms with Gasteiger partial charge in [0.25, 0.3) is 0 Å². The maximum atomic E-state index is 12.5. The number of aromatic nitrogens is 2. The number of nitrogens with one attached hydrogen (secondary N) is 1. The van der Waals surface area contributed by atoms with Gasteiger partial charge >= 0.3 is 12.1 Å². The van der Waals surface area contributed by atoms with Crippen molar-refractivity contribution in [3.8, 4) is 0 Å². The van der Waals surface area contributed by atoms with Crippen molar-refractivity contribution in [3.63, 3.8) is 0 Å². The number of thioether (sulfide) groups is 1. The molecule has 0 bridgehead atoms. The van der Waals surface area contributed by atoms with Crippen LogP contribution in [0.15, 0.2) is 11.2 Å². The number of nitrogens with zero attached hydrogens (tertiary/aromatic N) is 3. The molecule has 178 valence electrons. The molecule has 2 fully saturated rings. The lowest BCUT2D eigenvalue weighted by molar-refractivity contribution is -0.201. The summed E-state index contributed by atoms with van der Waals surface area (Å²) in [5.74, 6) is -1.42. The summed E-state index contributed by atoms with van der Waals surface area (Å²) in [6.07, 6.45) is -0.313. The van der Waals surface area contributed by atoms with E-state index in [1.807, 2.05) is 0 Å². The number of aliphatic hydroxyl groups excluding tert-OH is 1. The molecular formula is C19H28N4O8S. The van der Waals surface area contributed by atoms with Gasteiger partial charge < -0.3 is 28.8 Å². The largest absolute Gasteiger partial charge is 0.462 e. The van der Waals surface area contributed by atoms with E-state index in [-0.39, 0.29) is 36.4 Å². The molecule has 0 aliphatic carbocycles. The first-order valence-electron chi connectivity index (χ1n) is 10.2. The second-order valence-electron chi connectivity index (χ2n) is 7.33. The number of hydrogen-bond donors (Lipinski definition) is 2. The highest BCUT2D eigenvalue weighted by Crippen LogP contribution is 2.44. The van der Waals surface area contributed by atoms with Crippen LogP contribution in [0, 0.1) is 0 Å². The Morgan fingerprint density at radius 2 is 1.97 bits per heavy atom. The fourth-order valence-corrected chi connectivity index (χ4v) is 3.85. The molecule has 1 amide bonds. The highest BCUT2D eigenvalue weighted by Gasteiger charge is 2.56. The normalized spacial score (nSPS) is 26.6. The Morgan fingerprint density at radius 1 is 1.28 bits per heavy atom. The van der Waals surface area contributed by atoms with Crippen LogP contribution in [0.2, 0.25) is 0 Å². The number of aliphatic hydroxyl groups is 1. The van der Waals surface area contributed by atoms with E-state index in [1.165, 1.54) is 10.9 Å². The third-order valence-corrected chi connectivity index (χ3v) is 5.28. The molecule has 0 unspecified atom stereocenters. The molecule has 12 nitrogen and oxygen atoms in total. The summed E-state index contributed by atoms with van der Waals surface area (Å²) in [4.78, 5) is 28.9. The average molecular weight is 473 g/mol. The van der Waals surface area contributed by atoms with Gasteiger partial charge in [0.15, 0.2) is 23.0 Å². The molecule has 2 N–H and O–H groups in total. The van der Waals surface area contributed by atoms with Crippen LogP contribution in [-0.4, -0.2) is 82.3 Å². The lowest BCUT2D eigenvalue weighted by Crippen LogP contribution is -2.31. The molecular weight excluding hydrogens is 444 g/mol. The molecule has 32 heavy (non-hydrogen) atoms. The van der Waals surface area contributed by atoms with E-state index in [9.17, 15) is 14.7 Å². The Kier molecular flexibility index (Phi) is 7.77. The van der Waals surface area contributed by atoms with Gasteiger partial charge in [0.05, 0.1) is 26.0 Å². The molecule has 0 aromatic carbocycles. The number of amides is 1. The Balaban J connectivity index is 2.02. The summed E-state index contributed by atoms with van der Waals surface area (Å²) in [5.41, 5.74) is 0.0785. The third kappa shape index (κ3) is 5.07. The molecule has 0 radical (unpaired) electrons. The smallest absolute Gasteiger partial charge is 0.413 e. The van der Waals surface area contributed by atoms with Crippen LogP contribution in [0.3, 0.4) is 0 Å². The van der Waals surface area contributed by atoms with Crippen molar-refractivity contribution in [2.45, 2.75) is 58.0 Å². The van der Waals surface area contributed by atoms with Gasteiger partial charge in [0.1, 0.15) is 23.9 Å². The molecule has 1 aromatic heterocycles. The number of amidine groups is 1. The van der Waals surface area contributed by atoms with Gasteiger partial charge in [-0.25, -0.2) is 19.3 Å². The molecule has 0 saturated carbocycles. The summed E-state index contributed by atoms with van der Waals surface area (Å²) >= 11 is 1.14. The zero-order valence-corrected chi connectivity index (χ0v) is 19.4. The van der Waals surface area contributed by atoms with E-state index in [2.05, 4.69) is 15.4 Å². The van der Waals surface area contributed by atoms with Crippen molar-refractivity contribution in [1.82, 2.24) is 15.1 Å². The van der Waals surface area contributed by atoms with E-state index in [0.29, 0.717) is 0 Å². The quantitative estimate of drug-likeness (QED) is 0.356. The van der Waals surface area contributed by atoms with Gasteiger partial charge in [-0.3, -0.25) is 5.32 Å². The summed E-state index contributed by atoms with van der Waals surface area (Å²) in [5, 5.41) is 16.7. The maximum absolute atomic E-state index is 12.5. The Bertz CT molecular complexity index is 874. The lowest BCUT2D eigenvalue weighted by atomic mass is 10.1. The fourth-order valence-electron chi connectivity index (χ4n) is 3.48. The number of ether oxygens (including phenoxy) is 5. The lowest BCUT2D eigenvalue weighted by Gasteiger charge is -2.24. The Morgan fingerprint density at radius 3 is 2.59 bits per heavy atom. The minimum Gasteiger partial charge on any atom is -0.462 e. The van der Waals surface area contributed by atoms with E-state index in [0.717, 1.165) is 11.8 Å². The molecule has 13 heteroatoms. The van der Waals surface area contributed by atoms with Gasteiger partial charge in [0.2, 0.25) is 0 Å². The number of carbonyl (C=O) groups is 2. The van der Waals surface area contributed by atoms with E-state index in [1.54, 1.807) is 34.0 Å². The molecule has 1 aromatic rings. The number of hydrogen-bond acceptors (Lipinski definition) is 11. The van der Waals surface area contributed by atoms with Gasteiger partial charge in [-0.05, 0) is 34.0 Å². The number of carbonyl (C=O) groups excluding carboxylic acids is 2. The number of rotatable bonds is 6. The van der Waals surface area contributed by atoms with Crippen LogP contribution < -0.4 is 5.32 Å². The zero-order chi connectivity index (χ0) is 23.5. The highest BCUT2D eigenvalue weighted by atomic mass is 32.2. The second kappa shape index (κ2) is 10.2. The molecule has 3 heterocycles. The number of fused-ring (bicyclic) bond motifs is 1. The van der Waals surface area contributed by atoms with Crippen LogP contribution in [-0.2, 0) is 23.7 Å². The van der Waals surface area contributed by atoms with E-state index < -0.39 is 42.4 Å². The van der Waals surface area contributed by atoms with Crippen molar-refractivity contribution < 1.29 is 38.4 Å². The van der Waals surface area contributed by atoms with Crippen molar-refractivity contribution >= 4 is 34.8 Å². The standard InChI is InChI=1S/C19H28N4O8S/c1-6-27-16(25)10-8-20-23(14(10)21-17(32-5)22-18(26)28-7-2)15-13-12(11(9-24)29-15)30-19(3,4)31-13/h8,11-13,15,24H,6-7,9H2,1-5H3,(H,21,22,26)/t11-,12-,13-,15-/m1/s1. The number of aliphatic imine (C=N–C) groups is 1. The van der Waals surface area contributed by atoms with Crippen molar-refractivity contribution in [2.24, 2.45) is 4.99 Å². The summed E-state index contributed by atoms with van der Waals surface area (Å²) in [6, 6.07) is 0. The fraction of sp³-hybridized carbons (Fsp3) is 0.684. The zero-order valence-electron chi connectivity index (χ0n) is 18.6. The third-order valence-electron chi connectivity index (χ3n) is 4.70. The van der Waals surface area contributed by atoms with E-state index in [4.69, 9.17) is 23.7 Å². The molecule has 0 spiro atoms. The van der Waals surface area contributed by atoms with Crippen molar-refractivity contribution in [2.75, 3.05) is 26.1 Å². The minimum absolute atomic E-state index is 0.0785.